The molecule has 0 radical (unpaired) electrons. The van der Waals surface area contributed by atoms with Gasteiger partial charge >= 0.3 is 0 Å². The average molecular weight is 270 g/mol. The number of carbonyl (C=O) groups is 1. The standard InChI is InChI=1S/C16H18N2O2/c1-3-17-12(2)11-18(14-8-5-4-7-13(14)17)16(19)15-9-6-10-20-15/h4-10,12H,3,11H2,1-2H3. The second-order valence-corrected chi connectivity index (χ2v) is 5.02. The van der Waals surface area contributed by atoms with Crippen molar-refractivity contribution in [3.8, 4) is 0 Å². The van der Waals surface area contributed by atoms with Gasteiger partial charge in [0.25, 0.3) is 5.91 Å². The zero-order valence-corrected chi connectivity index (χ0v) is 11.7. The fraction of sp³-hybridized carbons (Fsp3) is 0.312. The highest BCUT2D eigenvalue weighted by Gasteiger charge is 2.31. The van der Waals surface area contributed by atoms with E-state index in [2.05, 4.69) is 24.8 Å². The van der Waals surface area contributed by atoms with Gasteiger partial charge in [-0.25, -0.2) is 0 Å². The molecule has 1 aromatic carbocycles. The number of likely N-dealkylation sites (N-methyl/N-ethyl adjacent to an activating group) is 1. The van der Waals surface area contributed by atoms with Crippen molar-refractivity contribution in [2.45, 2.75) is 19.9 Å². The zero-order valence-electron chi connectivity index (χ0n) is 11.7. The van der Waals surface area contributed by atoms with Gasteiger partial charge in [0.1, 0.15) is 0 Å². The normalized spacial score (nSPS) is 18.0. The number of rotatable bonds is 2. The van der Waals surface area contributed by atoms with E-state index in [1.807, 2.05) is 23.1 Å². The Bertz CT molecular complexity index is 607. The number of hydrogen-bond donors (Lipinski definition) is 0. The molecule has 104 valence electrons. The zero-order chi connectivity index (χ0) is 14.1. The summed E-state index contributed by atoms with van der Waals surface area (Å²) in [6.45, 7) is 5.88. The van der Waals surface area contributed by atoms with Crippen LogP contribution >= 0.6 is 0 Å². The van der Waals surface area contributed by atoms with Gasteiger partial charge in [-0.1, -0.05) is 12.1 Å². The van der Waals surface area contributed by atoms with Crippen molar-refractivity contribution < 1.29 is 9.21 Å². The summed E-state index contributed by atoms with van der Waals surface area (Å²) in [6.07, 6.45) is 1.53. The van der Waals surface area contributed by atoms with Crippen molar-refractivity contribution in [1.82, 2.24) is 0 Å². The van der Waals surface area contributed by atoms with E-state index in [1.165, 1.54) is 6.26 Å². The number of benzene rings is 1. The van der Waals surface area contributed by atoms with Crippen LogP contribution in [0.25, 0.3) is 0 Å². The van der Waals surface area contributed by atoms with Gasteiger partial charge in [0.2, 0.25) is 0 Å². The molecule has 1 unspecified atom stereocenters. The minimum Gasteiger partial charge on any atom is -0.459 e. The van der Waals surface area contributed by atoms with Crippen LogP contribution in [0.5, 0.6) is 0 Å². The lowest BCUT2D eigenvalue weighted by molar-refractivity contribution is 0.0957. The molecule has 0 spiro atoms. The second kappa shape index (κ2) is 5.04. The molecule has 1 aromatic heterocycles. The second-order valence-electron chi connectivity index (χ2n) is 5.02. The van der Waals surface area contributed by atoms with Crippen LogP contribution in [0.2, 0.25) is 0 Å². The molecule has 20 heavy (non-hydrogen) atoms. The molecule has 0 aliphatic carbocycles. The van der Waals surface area contributed by atoms with Gasteiger partial charge < -0.3 is 14.2 Å². The summed E-state index contributed by atoms with van der Waals surface area (Å²) in [5.74, 6) is 0.307. The first-order valence-electron chi connectivity index (χ1n) is 6.93. The number of hydrogen-bond acceptors (Lipinski definition) is 3. The Labute approximate surface area is 118 Å². The summed E-state index contributed by atoms with van der Waals surface area (Å²) in [6, 6.07) is 11.8. The lowest BCUT2D eigenvalue weighted by Crippen LogP contribution is -2.49. The Balaban J connectivity index is 2.03. The van der Waals surface area contributed by atoms with Gasteiger partial charge in [0.15, 0.2) is 5.76 Å². The van der Waals surface area contributed by atoms with Crippen LogP contribution in [0.15, 0.2) is 47.1 Å². The van der Waals surface area contributed by atoms with E-state index < -0.39 is 0 Å². The number of para-hydroxylation sites is 2. The van der Waals surface area contributed by atoms with E-state index in [-0.39, 0.29) is 11.9 Å². The minimum atomic E-state index is -0.0787. The maximum Gasteiger partial charge on any atom is 0.294 e. The van der Waals surface area contributed by atoms with Crippen molar-refractivity contribution in [2.24, 2.45) is 0 Å². The van der Waals surface area contributed by atoms with Crippen LogP contribution in [-0.4, -0.2) is 25.0 Å². The molecular formula is C16H18N2O2. The summed E-state index contributed by atoms with van der Waals surface area (Å²) >= 11 is 0. The first-order valence-corrected chi connectivity index (χ1v) is 6.93. The lowest BCUT2D eigenvalue weighted by Gasteiger charge is -2.41. The highest BCUT2D eigenvalue weighted by molar-refractivity contribution is 6.06. The molecule has 0 bridgehead atoms. The number of carbonyl (C=O) groups excluding carboxylic acids is 1. The summed E-state index contributed by atoms with van der Waals surface area (Å²) in [5.41, 5.74) is 2.06. The Morgan fingerprint density at radius 1 is 1.25 bits per heavy atom. The van der Waals surface area contributed by atoms with Crippen LogP contribution in [0, 0.1) is 0 Å². The molecule has 0 N–H and O–H groups in total. The Kier molecular flexibility index (Phi) is 3.22. The van der Waals surface area contributed by atoms with Crippen LogP contribution in [0.4, 0.5) is 11.4 Å². The topological polar surface area (TPSA) is 36.7 Å². The van der Waals surface area contributed by atoms with E-state index in [9.17, 15) is 4.79 Å². The molecule has 0 fully saturated rings. The van der Waals surface area contributed by atoms with Crippen molar-refractivity contribution in [3.63, 3.8) is 0 Å². The summed E-state index contributed by atoms with van der Waals surface area (Å²) in [4.78, 5) is 16.7. The summed E-state index contributed by atoms with van der Waals surface area (Å²) in [5, 5.41) is 0. The summed E-state index contributed by atoms with van der Waals surface area (Å²) < 4.78 is 5.25. The number of furan rings is 1. The fourth-order valence-corrected chi connectivity index (χ4v) is 2.84. The van der Waals surface area contributed by atoms with E-state index in [0.717, 1.165) is 17.9 Å². The third-order valence-corrected chi connectivity index (χ3v) is 3.78. The first-order chi connectivity index (χ1) is 9.72. The SMILES string of the molecule is CCN1c2ccccc2N(C(=O)c2ccco2)CC1C. The average Bonchev–Trinajstić information content (AvgIpc) is 3.00. The van der Waals surface area contributed by atoms with Crippen LogP contribution < -0.4 is 9.80 Å². The predicted octanol–water partition coefficient (Wildman–Crippen LogP) is 3.15. The molecule has 1 amide bonds. The third-order valence-electron chi connectivity index (χ3n) is 3.78. The van der Waals surface area contributed by atoms with Crippen molar-refractivity contribution >= 4 is 17.3 Å². The molecule has 2 heterocycles. The first kappa shape index (κ1) is 12.8. The predicted molar refractivity (Wildman–Crippen MR) is 79.3 cm³/mol. The van der Waals surface area contributed by atoms with Crippen molar-refractivity contribution in [2.75, 3.05) is 22.9 Å². The largest absolute Gasteiger partial charge is 0.459 e. The van der Waals surface area contributed by atoms with Crippen molar-refractivity contribution in [3.05, 3.63) is 48.4 Å². The molecule has 1 aliphatic rings. The van der Waals surface area contributed by atoms with Crippen LogP contribution in [0.1, 0.15) is 24.4 Å². The monoisotopic (exact) mass is 270 g/mol. The van der Waals surface area contributed by atoms with Gasteiger partial charge in [-0.2, -0.15) is 0 Å². The number of anilines is 2. The van der Waals surface area contributed by atoms with Gasteiger partial charge in [-0.05, 0) is 38.1 Å². The molecule has 1 aliphatic heterocycles. The van der Waals surface area contributed by atoms with Gasteiger partial charge in [-0.15, -0.1) is 0 Å². The van der Waals surface area contributed by atoms with E-state index in [1.54, 1.807) is 12.1 Å². The maximum absolute atomic E-state index is 12.6. The number of nitrogens with zero attached hydrogens (tertiary/aromatic N) is 2. The Hall–Kier alpha value is -2.23. The minimum absolute atomic E-state index is 0.0787. The molecule has 2 aromatic rings. The maximum atomic E-state index is 12.6. The molecular weight excluding hydrogens is 252 g/mol. The number of fused-ring (bicyclic) bond motifs is 1. The van der Waals surface area contributed by atoms with Gasteiger partial charge in [-0.3, -0.25) is 4.79 Å². The van der Waals surface area contributed by atoms with Crippen LogP contribution in [-0.2, 0) is 0 Å². The Morgan fingerprint density at radius 2 is 2.00 bits per heavy atom. The van der Waals surface area contributed by atoms with Gasteiger partial charge in [0.05, 0.1) is 17.6 Å². The molecule has 4 nitrogen and oxygen atoms in total. The van der Waals surface area contributed by atoms with E-state index in [0.29, 0.717) is 12.3 Å². The quantitative estimate of drug-likeness (QED) is 0.841. The molecule has 0 saturated carbocycles. The molecule has 0 saturated heterocycles. The van der Waals surface area contributed by atoms with Crippen molar-refractivity contribution in [1.29, 1.82) is 0 Å². The molecule has 3 rings (SSSR count). The molecule has 4 heteroatoms. The lowest BCUT2D eigenvalue weighted by atomic mass is 10.1. The fourth-order valence-electron chi connectivity index (χ4n) is 2.84. The van der Waals surface area contributed by atoms with E-state index >= 15 is 0 Å². The summed E-state index contributed by atoms with van der Waals surface area (Å²) in [7, 11) is 0. The van der Waals surface area contributed by atoms with Crippen LogP contribution in [0.3, 0.4) is 0 Å². The smallest absolute Gasteiger partial charge is 0.294 e. The highest BCUT2D eigenvalue weighted by Crippen LogP contribution is 2.35. The van der Waals surface area contributed by atoms with E-state index in [4.69, 9.17) is 4.42 Å². The number of amides is 1. The Morgan fingerprint density at radius 3 is 2.65 bits per heavy atom. The third kappa shape index (κ3) is 1.97. The molecule has 1 atom stereocenters. The highest BCUT2D eigenvalue weighted by atomic mass is 16.3. The van der Waals surface area contributed by atoms with Gasteiger partial charge in [0, 0.05) is 19.1 Å².